The van der Waals surface area contributed by atoms with Gasteiger partial charge in [-0.2, -0.15) is 0 Å². The number of nitro groups is 1. The number of pyridine rings is 1. The monoisotopic (exact) mass is 541 g/mol. The van der Waals surface area contributed by atoms with E-state index in [9.17, 15) is 24.8 Å². The smallest absolute Gasteiger partial charge is 0.294 e. The fraction of sp³-hybridized carbons (Fsp3) is 0.292. The Balaban J connectivity index is 1.64. The normalized spacial score (nSPS) is 17.5. The highest BCUT2D eigenvalue weighted by Gasteiger charge is 2.31. The number of halogens is 1. The van der Waals surface area contributed by atoms with Crippen molar-refractivity contribution in [2.45, 2.75) is 37.8 Å². The number of amides is 2. The first-order chi connectivity index (χ1) is 16.8. The minimum absolute atomic E-state index is 0.0800. The molecule has 182 valence electrons. The number of hydrogen-bond donors (Lipinski definition) is 4. The lowest BCUT2D eigenvalue weighted by Gasteiger charge is -2.34. The average Bonchev–Trinajstić information content (AvgIpc) is 2.84. The van der Waals surface area contributed by atoms with Crippen molar-refractivity contribution in [2.24, 2.45) is 0 Å². The average molecular weight is 542 g/mol. The molecule has 35 heavy (non-hydrogen) atoms. The van der Waals surface area contributed by atoms with Crippen molar-refractivity contribution in [1.82, 2.24) is 15.6 Å². The maximum absolute atomic E-state index is 13.2. The Morgan fingerprint density at radius 3 is 2.54 bits per heavy atom. The summed E-state index contributed by atoms with van der Waals surface area (Å²) in [6.45, 7) is 0. The minimum atomic E-state index is -0.535. The number of hydrogen-bond acceptors (Lipinski definition) is 7. The molecule has 1 heterocycles. The van der Waals surface area contributed by atoms with E-state index in [0.29, 0.717) is 33.7 Å². The maximum Gasteiger partial charge on any atom is 0.294 e. The number of carbonyl (C=O) groups is 2. The molecule has 0 bridgehead atoms. The summed E-state index contributed by atoms with van der Waals surface area (Å²) in [5.74, 6) is -0.709. The molecule has 0 saturated heterocycles. The number of rotatable bonds is 6. The van der Waals surface area contributed by atoms with Gasteiger partial charge in [0.1, 0.15) is 11.4 Å². The number of benzene rings is 2. The molecule has 1 aliphatic rings. The Hall–Kier alpha value is -3.73. The van der Waals surface area contributed by atoms with Crippen molar-refractivity contribution in [1.29, 1.82) is 0 Å². The van der Waals surface area contributed by atoms with Gasteiger partial charge in [-0.15, -0.1) is 0 Å². The number of phenolic OH excluding ortho intramolecular Hbond substituents is 1. The predicted molar refractivity (Wildman–Crippen MR) is 135 cm³/mol. The van der Waals surface area contributed by atoms with E-state index in [2.05, 4.69) is 36.9 Å². The minimum Gasteiger partial charge on any atom is -0.508 e. The molecule has 0 spiro atoms. The summed E-state index contributed by atoms with van der Waals surface area (Å²) in [4.78, 5) is 41.1. The van der Waals surface area contributed by atoms with Crippen LogP contribution in [0.1, 0.15) is 46.4 Å². The Morgan fingerprint density at radius 1 is 1.09 bits per heavy atom. The first-order valence-electron chi connectivity index (χ1n) is 11.1. The molecule has 4 N–H and O–H groups in total. The molecule has 1 aliphatic carbocycles. The van der Waals surface area contributed by atoms with Crippen LogP contribution in [-0.4, -0.2) is 46.0 Å². The van der Waals surface area contributed by atoms with Crippen LogP contribution in [0, 0.1) is 10.1 Å². The quantitative estimate of drug-likeness (QED) is 0.271. The molecule has 1 aromatic heterocycles. The van der Waals surface area contributed by atoms with Crippen LogP contribution in [0.15, 0.2) is 47.2 Å². The van der Waals surface area contributed by atoms with Gasteiger partial charge in [-0.05, 0) is 42.5 Å². The van der Waals surface area contributed by atoms with E-state index < -0.39 is 10.8 Å². The summed E-state index contributed by atoms with van der Waals surface area (Å²) in [6.07, 6.45) is 6.14. The van der Waals surface area contributed by atoms with Gasteiger partial charge >= 0.3 is 0 Å². The number of nitrogens with one attached hydrogen (secondary N) is 3. The SMILES string of the molecule is CNC(=O)c1cc(Br)cc([N+](=O)[O-])c1NC1CCCCC1NC(=O)c1cncc2cc(O)ccc12. The Morgan fingerprint density at radius 2 is 1.83 bits per heavy atom. The van der Waals surface area contributed by atoms with Crippen molar-refractivity contribution >= 4 is 49.9 Å². The van der Waals surface area contributed by atoms with Crippen LogP contribution in [0.2, 0.25) is 0 Å². The van der Waals surface area contributed by atoms with E-state index in [0.717, 1.165) is 12.8 Å². The zero-order valence-corrected chi connectivity index (χ0v) is 20.5. The Bertz CT molecular complexity index is 1310. The largest absolute Gasteiger partial charge is 0.508 e. The highest BCUT2D eigenvalue weighted by molar-refractivity contribution is 9.10. The van der Waals surface area contributed by atoms with Gasteiger partial charge in [0.2, 0.25) is 0 Å². The number of anilines is 1. The summed E-state index contributed by atoms with van der Waals surface area (Å²) < 4.78 is 0.413. The number of phenols is 1. The second-order valence-corrected chi connectivity index (χ2v) is 9.31. The van der Waals surface area contributed by atoms with Crippen LogP contribution in [0.5, 0.6) is 5.75 Å². The number of aromatic nitrogens is 1. The van der Waals surface area contributed by atoms with Gasteiger partial charge in [-0.3, -0.25) is 24.7 Å². The van der Waals surface area contributed by atoms with E-state index >= 15 is 0 Å². The van der Waals surface area contributed by atoms with Crippen molar-refractivity contribution in [3.63, 3.8) is 0 Å². The lowest BCUT2D eigenvalue weighted by Crippen LogP contribution is -2.48. The van der Waals surface area contributed by atoms with E-state index in [-0.39, 0.29) is 40.7 Å². The van der Waals surface area contributed by atoms with E-state index in [1.807, 2.05) is 0 Å². The van der Waals surface area contributed by atoms with Gasteiger partial charge < -0.3 is 21.1 Å². The molecule has 3 aromatic rings. The molecule has 11 heteroatoms. The number of nitrogens with zero attached hydrogens (tertiary/aromatic N) is 2. The molecule has 0 radical (unpaired) electrons. The summed E-state index contributed by atoms with van der Waals surface area (Å²) in [6, 6.07) is 6.93. The molecule has 4 rings (SSSR count). The second kappa shape index (κ2) is 10.3. The van der Waals surface area contributed by atoms with Gasteiger partial charge in [-0.25, -0.2) is 0 Å². The van der Waals surface area contributed by atoms with Crippen LogP contribution in [0.3, 0.4) is 0 Å². The summed E-state index contributed by atoms with van der Waals surface area (Å²) in [7, 11) is 1.46. The van der Waals surface area contributed by atoms with Crippen LogP contribution in [-0.2, 0) is 0 Å². The highest BCUT2D eigenvalue weighted by atomic mass is 79.9. The van der Waals surface area contributed by atoms with Crippen LogP contribution in [0.4, 0.5) is 11.4 Å². The molecule has 2 unspecified atom stereocenters. The van der Waals surface area contributed by atoms with E-state index in [4.69, 9.17) is 0 Å². The van der Waals surface area contributed by atoms with Gasteiger partial charge in [0.25, 0.3) is 17.5 Å². The molecule has 2 atom stereocenters. The standard InChI is InChI=1S/C24H24BrN5O5/c1-26-23(32)17-9-14(25)10-21(30(34)35)22(17)28-19-4-2-3-5-20(19)29-24(33)18-12-27-11-13-8-15(31)6-7-16(13)18/h6-12,19-20,28,31H,2-5H2,1H3,(H,26,32)(H,29,33). The van der Waals surface area contributed by atoms with Crippen LogP contribution >= 0.6 is 15.9 Å². The van der Waals surface area contributed by atoms with E-state index in [1.54, 1.807) is 12.3 Å². The third-order valence-corrected chi connectivity index (χ3v) is 6.61. The van der Waals surface area contributed by atoms with Crippen molar-refractivity contribution < 1.29 is 19.6 Å². The van der Waals surface area contributed by atoms with Gasteiger partial charge in [0, 0.05) is 47.5 Å². The second-order valence-electron chi connectivity index (χ2n) is 8.39. The molecule has 0 aliphatic heterocycles. The van der Waals surface area contributed by atoms with Gasteiger partial charge in [0.15, 0.2) is 0 Å². The number of fused-ring (bicyclic) bond motifs is 1. The Kier molecular flexibility index (Phi) is 7.15. The topological polar surface area (TPSA) is 146 Å². The van der Waals surface area contributed by atoms with E-state index in [1.165, 1.54) is 37.5 Å². The predicted octanol–water partition coefficient (Wildman–Crippen LogP) is 4.12. The lowest BCUT2D eigenvalue weighted by molar-refractivity contribution is -0.384. The molecule has 2 aromatic carbocycles. The fourth-order valence-electron chi connectivity index (χ4n) is 4.45. The van der Waals surface area contributed by atoms with Crippen molar-refractivity contribution in [2.75, 3.05) is 12.4 Å². The van der Waals surface area contributed by atoms with Gasteiger partial charge in [-0.1, -0.05) is 28.8 Å². The number of carbonyl (C=O) groups excluding carboxylic acids is 2. The highest BCUT2D eigenvalue weighted by Crippen LogP contribution is 2.35. The lowest BCUT2D eigenvalue weighted by atomic mass is 9.89. The summed E-state index contributed by atoms with van der Waals surface area (Å²) in [5, 5.41) is 31.6. The third-order valence-electron chi connectivity index (χ3n) is 6.15. The van der Waals surface area contributed by atoms with Crippen molar-refractivity contribution in [3.8, 4) is 5.75 Å². The van der Waals surface area contributed by atoms with Gasteiger partial charge in [0.05, 0.1) is 16.1 Å². The molecule has 1 saturated carbocycles. The molecule has 10 nitrogen and oxygen atoms in total. The molecule has 1 fully saturated rings. The third kappa shape index (κ3) is 5.19. The number of nitro benzene ring substituents is 1. The maximum atomic E-state index is 13.2. The molecular formula is C24H24BrN5O5. The first-order valence-corrected chi connectivity index (χ1v) is 11.9. The molecule has 2 amide bonds. The summed E-state index contributed by atoms with van der Waals surface area (Å²) >= 11 is 3.24. The first kappa shape index (κ1) is 24.4. The van der Waals surface area contributed by atoms with Crippen molar-refractivity contribution in [3.05, 3.63) is 68.4 Å². The fourth-order valence-corrected chi connectivity index (χ4v) is 4.90. The summed E-state index contributed by atoms with van der Waals surface area (Å²) in [5.41, 5.74) is 0.396. The zero-order valence-electron chi connectivity index (χ0n) is 18.9. The zero-order chi connectivity index (χ0) is 25.1. The van der Waals surface area contributed by atoms with Crippen LogP contribution < -0.4 is 16.0 Å². The Labute approximate surface area is 209 Å². The molecular weight excluding hydrogens is 518 g/mol. The van der Waals surface area contributed by atoms with Crippen LogP contribution in [0.25, 0.3) is 10.8 Å². The number of aromatic hydroxyl groups is 1.